The van der Waals surface area contributed by atoms with Crippen LogP contribution >= 0.6 is 0 Å². The first kappa shape index (κ1) is 15.5. The molecule has 1 aromatic rings. The third-order valence-corrected chi connectivity index (χ3v) is 3.85. The second kappa shape index (κ2) is 6.72. The van der Waals surface area contributed by atoms with Gasteiger partial charge in [-0.15, -0.1) is 0 Å². The minimum Gasteiger partial charge on any atom is -0.469 e. The summed E-state index contributed by atoms with van der Waals surface area (Å²) in [6.07, 6.45) is 2.37. The van der Waals surface area contributed by atoms with E-state index in [0.29, 0.717) is 12.8 Å². The van der Waals surface area contributed by atoms with E-state index < -0.39 is 0 Å². The molecule has 1 aliphatic rings. The summed E-state index contributed by atoms with van der Waals surface area (Å²) in [5.74, 6) is 0.0253. The summed E-state index contributed by atoms with van der Waals surface area (Å²) in [6, 6.07) is 5.80. The van der Waals surface area contributed by atoms with Crippen molar-refractivity contribution in [3.8, 4) is 0 Å². The lowest BCUT2D eigenvalue weighted by atomic mass is 9.91. The summed E-state index contributed by atoms with van der Waals surface area (Å²) >= 11 is 0. The highest BCUT2D eigenvalue weighted by Gasteiger charge is 2.18. The summed E-state index contributed by atoms with van der Waals surface area (Å²) < 4.78 is 4.67. The molecule has 0 aliphatic carbocycles. The molecule has 0 radical (unpaired) electrons. The Hall–Kier alpha value is -1.88. The Kier molecular flexibility index (Phi) is 4.96. The third kappa shape index (κ3) is 4.04. The van der Waals surface area contributed by atoms with E-state index in [2.05, 4.69) is 16.1 Å². The zero-order valence-electron chi connectivity index (χ0n) is 12.5. The molecule has 2 unspecified atom stereocenters. The molecule has 2 rings (SSSR count). The predicted octanol–water partition coefficient (Wildman–Crippen LogP) is 2.16. The smallest absolute Gasteiger partial charge is 0.305 e. The van der Waals surface area contributed by atoms with Crippen molar-refractivity contribution in [1.82, 2.24) is 0 Å². The average Bonchev–Trinajstić information content (AvgIpc) is 2.46. The fraction of sp³-hybridized carbons (Fsp3) is 0.500. The van der Waals surface area contributed by atoms with Crippen LogP contribution in [0.25, 0.3) is 0 Å². The van der Waals surface area contributed by atoms with E-state index in [1.807, 2.05) is 19.1 Å². The van der Waals surface area contributed by atoms with Gasteiger partial charge >= 0.3 is 5.97 Å². The number of benzene rings is 1. The first-order valence-electron chi connectivity index (χ1n) is 7.24. The van der Waals surface area contributed by atoms with Crippen molar-refractivity contribution in [3.63, 3.8) is 0 Å². The summed E-state index contributed by atoms with van der Waals surface area (Å²) in [7, 11) is 1.40. The standard InChI is InChI=1S/C16H22N2O3/c1-10(8-16(20)21-2)7-13(17)11-3-5-14-12(9-11)4-6-15(19)18-14/h3,5,9-10,13H,4,6-8,17H2,1-2H3,(H,18,19). The lowest BCUT2D eigenvalue weighted by molar-refractivity contribution is -0.141. The van der Waals surface area contributed by atoms with Crippen molar-refractivity contribution in [2.75, 3.05) is 12.4 Å². The topological polar surface area (TPSA) is 81.4 Å². The molecule has 114 valence electrons. The Morgan fingerprint density at radius 3 is 2.90 bits per heavy atom. The Labute approximate surface area is 124 Å². The van der Waals surface area contributed by atoms with Gasteiger partial charge in [-0.05, 0) is 36.0 Å². The lowest BCUT2D eigenvalue weighted by Crippen LogP contribution is -2.20. The maximum atomic E-state index is 11.3. The van der Waals surface area contributed by atoms with Gasteiger partial charge in [0.1, 0.15) is 0 Å². The predicted molar refractivity (Wildman–Crippen MR) is 80.7 cm³/mol. The molecule has 2 atom stereocenters. The van der Waals surface area contributed by atoms with E-state index in [4.69, 9.17) is 5.73 Å². The molecule has 0 saturated carbocycles. The van der Waals surface area contributed by atoms with Gasteiger partial charge in [-0.2, -0.15) is 0 Å². The SMILES string of the molecule is COC(=O)CC(C)CC(N)c1ccc2c(c1)CCC(=O)N2. The summed E-state index contributed by atoms with van der Waals surface area (Å²) in [4.78, 5) is 22.6. The number of esters is 1. The summed E-state index contributed by atoms with van der Waals surface area (Å²) in [5, 5.41) is 2.86. The minimum atomic E-state index is -0.206. The number of nitrogens with one attached hydrogen (secondary N) is 1. The molecule has 1 amide bonds. The Morgan fingerprint density at radius 1 is 1.43 bits per heavy atom. The molecule has 1 heterocycles. The third-order valence-electron chi connectivity index (χ3n) is 3.85. The number of aryl methyl sites for hydroxylation is 1. The molecule has 5 nitrogen and oxygen atoms in total. The number of hydrogen-bond donors (Lipinski definition) is 2. The number of ether oxygens (including phenoxy) is 1. The summed E-state index contributed by atoms with van der Waals surface area (Å²) in [5.41, 5.74) is 9.28. The molecule has 0 spiro atoms. The zero-order chi connectivity index (χ0) is 15.4. The van der Waals surface area contributed by atoms with Crippen molar-refractivity contribution in [2.24, 2.45) is 11.7 Å². The van der Waals surface area contributed by atoms with Crippen LogP contribution in [0.15, 0.2) is 18.2 Å². The molecule has 0 fully saturated rings. The number of rotatable bonds is 5. The van der Waals surface area contributed by atoms with Crippen molar-refractivity contribution in [1.29, 1.82) is 0 Å². The van der Waals surface area contributed by atoms with Crippen molar-refractivity contribution >= 4 is 17.6 Å². The van der Waals surface area contributed by atoms with E-state index in [1.165, 1.54) is 7.11 Å². The molecule has 1 aliphatic heterocycles. The fourth-order valence-electron chi connectivity index (χ4n) is 2.65. The molecule has 0 bridgehead atoms. The maximum absolute atomic E-state index is 11.3. The van der Waals surface area contributed by atoms with Gasteiger partial charge < -0.3 is 15.8 Å². The lowest BCUT2D eigenvalue weighted by Gasteiger charge is -2.21. The van der Waals surface area contributed by atoms with Crippen molar-refractivity contribution in [3.05, 3.63) is 29.3 Å². The number of amides is 1. The zero-order valence-corrected chi connectivity index (χ0v) is 12.5. The van der Waals surface area contributed by atoms with Gasteiger partial charge in [0.25, 0.3) is 0 Å². The number of methoxy groups -OCH3 is 1. The van der Waals surface area contributed by atoms with E-state index in [1.54, 1.807) is 0 Å². The van der Waals surface area contributed by atoms with Gasteiger partial charge in [0, 0.05) is 24.6 Å². The number of hydrogen-bond acceptors (Lipinski definition) is 4. The van der Waals surface area contributed by atoms with Crippen LogP contribution in [0.5, 0.6) is 0 Å². The Morgan fingerprint density at radius 2 is 2.19 bits per heavy atom. The first-order chi connectivity index (χ1) is 9.99. The van der Waals surface area contributed by atoms with Crippen LogP contribution in [0.1, 0.15) is 43.4 Å². The largest absolute Gasteiger partial charge is 0.469 e. The van der Waals surface area contributed by atoms with Crippen molar-refractivity contribution in [2.45, 2.75) is 38.6 Å². The molecule has 1 aromatic carbocycles. The van der Waals surface area contributed by atoms with Crippen LogP contribution in [0, 0.1) is 5.92 Å². The molecule has 5 heteroatoms. The van der Waals surface area contributed by atoms with Crippen LogP contribution in [0.4, 0.5) is 5.69 Å². The second-order valence-corrected chi connectivity index (χ2v) is 5.69. The Bertz CT molecular complexity index is 542. The molecule has 0 saturated heterocycles. The molecular formula is C16H22N2O3. The highest BCUT2D eigenvalue weighted by Crippen LogP contribution is 2.28. The highest BCUT2D eigenvalue weighted by molar-refractivity contribution is 5.93. The quantitative estimate of drug-likeness (QED) is 0.814. The number of carbonyl (C=O) groups is 2. The fourth-order valence-corrected chi connectivity index (χ4v) is 2.65. The van der Waals surface area contributed by atoms with Gasteiger partial charge in [0.15, 0.2) is 0 Å². The monoisotopic (exact) mass is 290 g/mol. The normalized spacial score (nSPS) is 16.6. The average molecular weight is 290 g/mol. The highest BCUT2D eigenvalue weighted by atomic mass is 16.5. The van der Waals surface area contributed by atoms with E-state index in [0.717, 1.165) is 29.7 Å². The van der Waals surface area contributed by atoms with Gasteiger partial charge in [-0.25, -0.2) is 0 Å². The first-order valence-corrected chi connectivity index (χ1v) is 7.24. The maximum Gasteiger partial charge on any atom is 0.305 e. The van der Waals surface area contributed by atoms with Crippen LogP contribution in [0.2, 0.25) is 0 Å². The second-order valence-electron chi connectivity index (χ2n) is 5.69. The Balaban J connectivity index is 2.01. The van der Waals surface area contributed by atoms with Crippen molar-refractivity contribution < 1.29 is 14.3 Å². The minimum absolute atomic E-state index is 0.0613. The molecule has 3 N–H and O–H groups in total. The van der Waals surface area contributed by atoms with Gasteiger partial charge in [-0.1, -0.05) is 19.1 Å². The van der Waals surface area contributed by atoms with E-state index in [-0.39, 0.29) is 23.8 Å². The van der Waals surface area contributed by atoms with Gasteiger partial charge in [-0.3, -0.25) is 9.59 Å². The van der Waals surface area contributed by atoms with Crippen LogP contribution < -0.4 is 11.1 Å². The van der Waals surface area contributed by atoms with Gasteiger partial charge in [0.05, 0.1) is 7.11 Å². The van der Waals surface area contributed by atoms with Crippen LogP contribution in [0.3, 0.4) is 0 Å². The summed E-state index contributed by atoms with van der Waals surface area (Å²) in [6.45, 7) is 2.00. The number of fused-ring (bicyclic) bond motifs is 1. The molecular weight excluding hydrogens is 268 g/mol. The molecule has 21 heavy (non-hydrogen) atoms. The van der Waals surface area contributed by atoms with E-state index in [9.17, 15) is 9.59 Å². The van der Waals surface area contributed by atoms with E-state index >= 15 is 0 Å². The number of nitrogens with two attached hydrogens (primary N) is 1. The van der Waals surface area contributed by atoms with Crippen LogP contribution in [-0.4, -0.2) is 19.0 Å². The number of carbonyl (C=O) groups excluding carboxylic acids is 2. The number of anilines is 1. The van der Waals surface area contributed by atoms with Gasteiger partial charge in [0.2, 0.25) is 5.91 Å². The molecule has 0 aromatic heterocycles. The van der Waals surface area contributed by atoms with Crippen LogP contribution in [-0.2, 0) is 20.7 Å².